The Balaban J connectivity index is 2.44. The first-order valence-electron chi connectivity index (χ1n) is 6.52. The van der Waals surface area contributed by atoms with E-state index in [9.17, 15) is 0 Å². The molecule has 0 aliphatic rings. The molecule has 98 valence electrons. The minimum absolute atomic E-state index is 0.264. The second kappa shape index (κ2) is 7.14. The Labute approximate surface area is 109 Å². The lowest BCUT2D eigenvalue weighted by molar-refractivity contribution is 0.163. The van der Waals surface area contributed by atoms with Gasteiger partial charge in [0.25, 0.3) is 0 Å². The summed E-state index contributed by atoms with van der Waals surface area (Å²) in [4.78, 5) is 1.43. The molecule has 0 fully saturated rings. The van der Waals surface area contributed by atoms with Crippen LogP contribution in [-0.2, 0) is 6.54 Å². The predicted molar refractivity (Wildman–Crippen MR) is 75.5 cm³/mol. The smallest absolute Gasteiger partial charge is 0.0436 e. The molecule has 0 saturated heterocycles. The van der Waals surface area contributed by atoms with E-state index in [0.717, 1.165) is 32.4 Å². The van der Waals surface area contributed by atoms with Crippen LogP contribution >= 0.6 is 11.3 Å². The highest BCUT2D eigenvalue weighted by Crippen LogP contribution is 2.29. The van der Waals surface area contributed by atoms with Crippen LogP contribution in [-0.4, -0.2) is 18.3 Å². The number of aliphatic hydroxyl groups is 1. The molecule has 0 amide bonds. The molecule has 17 heavy (non-hydrogen) atoms. The Bertz CT molecular complexity index is 318. The molecule has 0 bridgehead atoms. The molecule has 0 aliphatic heterocycles. The van der Waals surface area contributed by atoms with Crippen molar-refractivity contribution >= 4 is 11.3 Å². The van der Waals surface area contributed by atoms with Gasteiger partial charge in [0.2, 0.25) is 0 Å². The zero-order chi connectivity index (χ0) is 12.7. The summed E-state index contributed by atoms with van der Waals surface area (Å²) < 4.78 is 0. The topological polar surface area (TPSA) is 32.3 Å². The zero-order valence-electron chi connectivity index (χ0n) is 11.3. The van der Waals surface area contributed by atoms with Crippen molar-refractivity contribution in [1.82, 2.24) is 5.32 Å². The highest BCUT2D eigenvalue weighted by molar-refractivity contribution is 7.10. The summed E-state index contributed by atoms with van der Waals surface area (Å²) in [6.45, 7) is 8.85. The Kier molecular flexibility index (Phi) is 6.17. The van der Waals surface area contributed by atoms with Crippen LogP contribution < -0.4 is 5.32 Å². The van der Waals surface area contributed by atoms with Gasteiger partial charge in [-0.2, -0.15) is 0 Å². The summed E-state index contributed by atoms with van der Waals surface area (Å²) in [5.74, 6) is 0. The van der Waals surface area contributed by atoms with Crippen LogP contribution in [0.4, 0.5) is 0 Å². The van der Waals surface area contributed by atoms with Gasteiger partial charge in [-0.3, -0.25) is 0 Å². The first-order chi connectivity index (χ1) is 8.17. The van der Waals surface area contributed by atoms with Gasteiger partial charge >= 0.3 is 0 Å². The van der Waals surface area contributed by atoms with Crippen LogP contribution in [0.1, 0.15) is 43.6 Å². The molecule has 0 unspecified atom stereocenters. The summed E-state index contributed by atoms with van der Waals surface area (Å²) in [5.41, 5.74) is 1.64. The average molecular weight is 255 g/mol. The van der Waals surface area contributed by atoms with Crippen molar-refractivity contribution in [1.29, 1.82) is 0 Å². The van der Waals surface area contributed by atoms with Crippen molar-refractivity contribution in [3.63, 3.8) is 0 Å². The number of aryl methyl sites for hydroxylation is 1. The lowest BCUT2D eigenvalue weighted by Gasteiger charge is -2.31. The average Bonchev–Trinajstić information content (AvgIpc) is 2.74. The Morgan fingerprint density at radius 2 is 2.06 bits per heavy atom. The molecule has 3 heteroatoms. The summed E-state index contributed by atoms with van der Waals surface area (Å²) in [7, 11) is 0. The molecule has 0 spiro atoms. The van der Waals surface area contributed by atoms with E-state index in [1.54, 1.807) is 0 Å². The predicted octanol–water partition coefficient (Wildman–Crippen LogP) is 3.33. The lowest BCUT2D eigenvalue weighted by Crippen LogP contribution is -2.34. The normalized spacial score (nSPS) is 12.0. The summed E-state index contributed by atoms with van der Waals surface area (Å²) in [5, 5.41) is 14.9. The number of nitrogens with one attached hydrogen (secondary N) is 1. The van der Waals surface area contributed by atoms with Gasteiger partial charge in [0.15, 0.2) is 0 Å². The molecule has 0 aliphatic carbocycles. The Morgan fingerprint density at radius 1 is 1.35 bits per heavy atom. The van der Waals surface area contributed by atoms with Gasteiger partial charge in [-0.1, -0.05) is 13.8 Å². The van der Waals surface area contributed by atoms with E-state index in [-0.39, 0.29) is 5.41 Å². The number of hydrogen-bond acceptors (Lipinski definition) is 3. The molecular formula is C14H25NOS. The van der Waals surface area contributed by atoms with E-state index < -0.39 is 0 Å². The molecule has 0 aromatic carbocycles. The van der Waals surface area contributed by atoms with Crippen molar-refractivity contribution in [2.45, 2.75) is 46.6 Å². The van der Waals surface area contributed by atoms with Crippen LogP contribution in [0.15, 0.2) is 11.4 Å². The van der Waals surface area contributed by atoms with Gasteiger partial charge in [-0.15, -0.1) is 11.3 Å². The van der Waals surface area contributed by atoms with Crippen LogP contribution in [0.3, 0.4) is 0 Å². The second-order valence-corrected chi connectivity index (χ2v) is 5.81. The standard InChI is InChI=1S/C14H25NOS/c1-4-14(5-2,7-8-16)11-15-10-13-12(3)6-9-17-13/h6,9,15-16H,4-5,7-8,10-11H2,1-3H3. The van der Waals surface area contributed by atoms with Crippen molar-refractivity contribution in [3.8, 4) is 0 Å². The fourth-order valence-corrected chi connectivity index (χ4v) is 3.08. The largest absolute Gasteiger partial charge is 0.396 e. The molecule has 1 aromatic heterocycles. The van der Waals surface area contributed by atoms with Gasteiger partial charge in [0.05, 0.1) is 0 Å². The number of aliphatic hydroxyl groups excluding tert-OH is 1. The maximum absolute atomic E-state index is 9.17. The van der Waals surface area contributed by atoms with Crippen LogP contribution in [0.5, 0.6) is 0 Å². The van der Waals surface area contributed by atoms with Crippen LogP contribution in [0, 0.1) is 12.3 Å². The first kappa shape index (κ1) is 14.7. The monoisotopic (exact) mass is 255 g/mol. The second-order valence-electron chi connectivity index (χ2n) is 4.81. The highest BCUT2D eigenvalue weighted by atomic mass is 32.1. The fourth-order valence-electron chi connectivity index (χ4n) is 2.21. The van der Waals surface area contributed by atoms with E-state index >= 15 is 0 Å². The van der Waals surface area contributed by atoms with Gasteiger partial charge in [-0.05, 0) is 48.6 Å². The molecule has 0 radical (unpaired) electrons. The van der Waals surface area contributed by atoms with Crippen molar-refractivity contribution in [2.75, 3.05) is 13.2 Å². The van der Waals surface area contributed by atoms with Crippen LogP contribution in [0.25, 0.3) is 0 Å². The quantitative estimate of drug-likeness (QED) is 0.747. The first-order valence-corrected chi connectivity index (χ1v) is 7.40. The number of hydrogen-bond donors (Lipinski definition) is 2. The van der Waals surface area contributed by atoms with Gasteiger partial charge in [-0.25, -0.2) is 0 Å². The van der Waals surface area contributed by atoms with Gasteiger partial charge in [0.1, 0.15) is 0 Å². The summed E-state index contributed by atoms with van der Waals surface area (Å²) in [6.07, 6.45) is 3.15. The molecule has 0 saturated carbocycles. The third kappa shape index (κ3) is 4.09. The third-order valence-corrected chi connectivity index (χ3v) is 4.92. The number of thiophene rings is 1. The van der Waals surface area contributed by atoms with Crippen LogP contribution in [0.2, 0.25) is 0 Å². The van der Waals surface area contributed by atoms with E-state index in [1.165, 1.54) is 10.4 Å². The van der Waals surface area contributed by atoms with E-state index in [2.05, 4.69) is 37.5 Å². The van der Waals surface area contributed by atoms with Gasteiger partial charge < -0.3 is 10.4 Å². The van der Waals surface area contributed by atoms with E-state index in [1.807, 2.05) is 11.3 Å². The molecule has 1 rings (SSSR count). The minimum atomic E-state index is 0.264. The van der Waals surface area contributed by atoms with Crippen molar-refractivity contribution in [3.05, 3.63) is 21.9 Å². The molecule has 1 heterocycles. The maximum atomic E-state index is 9.17. The van der Waals surface area contributed by atoms with Gasteiger partial charge in [0, 0.05) is 24.6 Å². The maximum Gasteiger partial charge on any atom is 0.0436 e. The molecule has 2 nitrogen and oxygen atoms in total. The SMILES string of the molecule is CCC(CC)(CCO)CNCc1sccc1C. The van der Waals surface area contributed by atoms with E-state index in [0.29, 0.717) is 6.61 Å². The molecule has 1 aromatic rings. The number of rotatable bonds is 8. The summed E-state index contributed by atoms with van der Waals surface area (Å²) >= 11 is 1.82. The lowest BCUT2D eigenvalue weighted by atomic mass is 9.79. The minimum Gasteiger partial charge on any atom is -0.396 e. The van der Waals surface area contributed by atoms with Crippen molar-refractivity contribution in [2.24, 2.45) is 5.41 Å². The van der Waals surface area contributed by atoms with E-state index in [4.69, 9.17) is 5.11 Å². The Morgan fingerprint density at radius 3 is 2.53 bits per heavy atom. The fraction of sp³-hybridized carbons (Fsp3) is 0.714. The molecular weight excluding hydrogens is 230 g/mol. The third-order valence-electron chi connectivity index (χ3n) is 3.90. The summed E-state index contributed by atoms with van der Waals surface area (Å²) in [6, 6.07) is 2.17. The highest BCUT2D eigenvalue weighted by Gasteiger charge is 2.24. The molecule has 0 atom stereocenters. The Hall–Kier alpha value is -0.380. The zero-order valence-corrected chi connectivity index (χ0v) is 12.1. The van der Waals surface area contributed by atoms with Crippen molar-refractivity contribution < 1.29 is 5.11 Å². The molecule has 2 N–H and O–H groups in total.